The van der Waals surface area contributed by atoms with Crippen molar-refractivity contribution in [3.63, 3.8) is 0 Å². The summed E-state index contributed by atoms with van der Waals surface area (Å²) in [5.41, 5.74) is 2.12. The van der Waals surface area contributed by atoms with Crippen LogP contribution in [0.25, 0.3) is 0 Å². The molecule has 2 rings (SSSR count). The highest BCUT2D eigenvalue weighted by atomic mass is 32.2. The van der Waals surface area contributed by atoms with Crippen molar-refractivity contribution in [3.05, 3.63) is 33.9 Å². The Hall–Kier alpha value is -1.27. The number of hydrogen-bond acceptors (Lipinski definition) is 5. The van der Waals surface area contributed by atoms with Gasteiger partial charge in [0, 0.05) is 55.0 Å². The van der Waals surface area contributed by atoms with Crippen LogP contribution in [0.15, 0.2) is 18.2 Å². The monoisotopic (exact) mass is 295 g/mol. The van der Waals surface area contributed by atoms with Crippen molar-refractivity contribution in [2.45, 2.75) is 31.7 Å². The van der Waals surface area contributed by atoms with E-state index in [-0.39, 0.29) is 10.6 Å². The molecule has 0 aliphatic carbocycles. The molecule has 1 saturated heterocycles. The molecule has 1 aliphatic rings. The summed E-state index contributed by atoms with van der Waals surface area (Å²) in [4.78, 5) is 13.0. The van der Waals surface area contributed by atoms with E-state index in [1.165, 1.54) is 0 Å². The van der Waals surface area contributed by atoms with Crippen molar-refractivity contribution >= 4 is 23.1 Å². The van der Waals surface area contributed by atoms with Crippen LogP contribution in [0.5, 0.6) is 0 Å². The Balaban J connectivity index is 2.22. The van der Waals surface area contributed by atoms with Crippen LogP contribution in [0.4, 0.5) is 11.4 Å². The molecule has 1 fully saturated rings. The first kappa shape index (κ1) is 15.1. The number of rotatable bonds is 4. The molecule has 2 unspecified atom stereocenters. The molecule has 1 heterocycles. The largest absolute Gasteiger partial charge is 0.388 e. The predicted molar refractivity (Wildman–Crippen MR) is 84.4 cm³/mol. The second-order valence-corrected chi connectivity index (χ2v) is 6.62. The molecule has 0 spiro atoms. The Labute approximate surface area is 123 Å². The van der Waals surface area contributed by atoms with Gasteiger partial charge in [0.1, 0.15) is 0 Å². The van der Waals surface area contributed by atoms with Gasteiger partial charge in [0.2, 0.25) is 0 Å². The Bertz CT molecular complexity index is 495. The molecule has 1 aromatic carbocycles. The van der Waals surface area contributed by atoms with Gasteiger partial charge in [-0.05, 0) is 18.6 Å². The molecule has 0 radical (unpaired) electrons. The number of nitro groups is 1. The van der Waals surface area contributed by atoms with E-state index >= 15 is 0 Å². The number of nitrogens with one attached hydrogen (secondary N) is 1. The minimum atomic E-state index is -0.332. The summed E-state index contributed by atoms with van der Waals surface area (Å²) in [6.45, 7) is 6.26. The quantitative estimate of drug-likeness (QED) is 0.683. The van der Waals surface area contributed by atoms with Crippen LogP contribution >= 0.6 is 11.8 Å². The molecule has 110 valence electrons. The summed E-state index contributed by atoms with van der Waals surface area (Å²) < 4.78 is 0. The van der Waals surface area contributed by atoms with E-state index in [2.05, 4.69) is 24.1 Å². The van der Waals surface area contributed by atoms with Crippen molar-refractivity contribution in [3.8, 4) is 0 Å². The highest BCUT2D eigenvalue weighted by Crippen LogP contribution is 2.29. The lowest BCUT2D eigenvalue weighted by Crippen LogP contribution is -2.44. The van der Waals surface area contributed by atoms with Gasteiger partial charge in [-0.1, -0.05) is 6.92 Å². The number of anilines is 1. The first-order valence-corrected chi connectivity index (χ1v) is 7.88. The SMILES string of the molecule is CNc1ccc([N+](=O)[O-])cc1CN1CCSC(C)C1C. The molecule has 1 N–H and O–H groups in total. The maximum absolute atomic E-state index is 10.9. The van der Waals surface area contributed by atoms with Gasteiger partial charge < -0.3 is 5.32 Å². The average Bonchev–Trinajstić information content (AvgIpc) is 2.43. The Morgan fingerprint density at radius 3 is 2.90 bits per heavy atom. The molecule has 1 aromatic rings. The number of thioether (sulfide) groups is 1. The number of non-ortho nitro benzene ring substituents is 1. The minimum absolute atomic E-state index is 0.158. The number of hydrogen-bond donors (Lipinski definition) is 1. The zero-order valence-corrected chi connectivity index (χ0v) is 12.9. The molecular weight excluding hydrogens is 274 g/mol. The van der Waals surface area contributed by atoms with E-state index in [0.717, 1.165) is 30.1 Å². The third-order valence-corrected chi connectivity index (χ3v) is 5.29. The van der Waals surface area contributed by atoms with Crippen LogP contribution in [0, 0.1) is 10.1 Å². The Kier molecular flexibility index (Phi) is 4.88. The standard InChI is InChI=1S/C14H21N3O2S/c1-10-11(2)20-7-6-16(10)9-12-8-13(17(18)19)4-5-14(12)15-3/h4-5,8,10-11,15H,6-7,9H2,1-3H3. The smallest absolute Gasteiger partial charge is 0.269 e. The van der Waals surface area contributed by atoms with Crippen LogP contribution in [-0.2, 0) is 6.54 Å². The van der Waals surface area contributed by atoms with E-state index in [4.69, 9.17) is 0 Å². The molecule has 0 saturated carbocycles. The van der Waals surface area contributed by atoms with Gasteiger partial charge in [-0.3, -0.25) is 15.0 Å². The van der Waals surface area contributed by atoms with E-state index in [1.807, 2.05) is 18.8 Å². The van der Waals surface area contributed by atoms with Crippen LogP contribution in [0.3, 0.4) is 0 Å². The second-order valence-electron chi connectivity index (χ2n) is 5.14. The normalized spacial score (nSPS) is 23.6. The fourth-order valence-electron chi connectivity index (χ4n) is 2.51. The van der Waals surface area contributed by atoms with E-state index in [1.54, 1.807) is 18.2 Å². The average molecular weight is 295 g/mol. The highest BCUT2D eigenvalue weighted by Gasteiger charge is 2.26. The Morgan fingerprint density at radius 1 is 1.50 bits per heavy atom. The number of benzene rings is 1. The zero-order chi connectivity index (χ0) is 14.7. The third kappa shape index (κ3) is 3.24. The van der Waals surface area contributed by atoms with Gasteiger partial charge in [0.25, 0.3) is 5.69 Å². The van der Waals surface area contributed by atoms with Crippen molar-refractivity contribution < 1.29 is 4.92 Å². The third-order valence-electron chi connectivity index (χ3n) is 3.96. The topological polar surface area (TPSA) is 58.4 Å². The van der Waals surface area contributed by atoms with Crippen molar-refractivity contribution in [1.29, 1.82) is 0 Å². The van der Waals surface area contributed by atoms with Crippen LogP contribution in [-0.4, -0.2) is 40.5 Å². The van der Waals surface area contributed by atoms with Gasteiger partial charge in [0.15, 0.2) is 0 Å². The summed E-state index contributed by atoms with van der Waals surface area (Å²) in [7, 11) is 1.85. The van der Waals surface area contributed by atoms with Crippen LogP contribution in [0.1, 0.15) is 19.4 Å². The minimum Gasteiger partial charge on any atom is -0.388 e. The summed E-state index contributed by atoms with van der Waals surface area (Å²) in [6, 6.07) is 5.51. The molecule has 0 amide bonds. The number of nitrogens with zero attached hydrogens (tertiary/aromatic N) is 2. The summed E-state index contributed by atoms with van der Waals surface area (Å²) in [5.74, 6) is 1.12. The van der Waals surface area contributed by atoms with Gasteiger partial charge >= 0.3 is 0 Å². The van der Waals surface area contributed by atoms with Gasteiger partial charge in [0.05, 0.1) is 4.92 Å². The molecule has 1 aliphatic heterocycles. The zero-order valence-electron chi connectivity index (χ0n) is 12.1. The van der Waals surface area contributed by atoms with E-state index in [9.17, 15) is 10.1 Å². The number of nitro benzene ring substituents is 1. The van der Waals surface area contributed by atoms with Crippen molar-refractivity contribution in [2.75, 3.05) is 24.7 Å². The van der Waals surface area contributed by atoms with Gasteiger partial charge in [-0.2, -0.15) is 11.8 Å². The second kappa shape index (κ2) is 6.45. The molecular formula is C14H21N3O2S. The molecule has 6 heteroatoms. The summed E-state index contributed by atoms with van der Waals surface area (Å²) in [5, 5.41) is 14.7. The van der Waals surface area contributed by atoms with E-state index in [0.29, 0.717) is 11.3 Å². The maximum Gasteiger partial charge on any atom is 0.269 e. The highest BCUT2D eigenvalue weighted by molar-refractivity contribution is 8.00. The van der Waals surface area contributed by atoms with Gasteiger partial charge in [-0.15, -0.1) is 0 Å². The maximum atomic E-state index is 10.9. The first-order valence-electron chi connectivity index (χ1n) is 6.83. The summed E-state index contributed by atoms with van der Waals surface area (Å²) >= 11 is 1.99. The fourth-order valence-corrected chi connectivity index (χ4v) is 3.67. The molecule has 20 heavy (non-hydrogen) atoms. The fraction of sp³-hybridized carbons (Fsp3) is 0.571. The van der Waals surface area contributed by atoms with Crippen LogP contribution < -0.4 is 5.32 Å². The van der Waals surface area contributed by atoms with Crippen LogP contribution in [0.2, 0.25) is 0 Å². The van der Waals surface area contributed by atoms with Gasteiger partial charge in [-0.25, -0.2) is 0 Å². The summed E-state index contributed by atoms with van der Waals surface area (Å²) in [6.07, 6.45) is 0. The molecule has 0 aromatic heterocycles. The molecule has 5 nitrogen and oxygen atoms in total. The Morgan fingerprint density at radius 2 is 2.25 bits per heavy atom. The first-order chi connectivity index (χ1) is 9.52. The lowest BCUT2D eigenvalue weighted by atomic mass is 10.1. The lowest BCUT2D eigenvalue weighted by molar-refractivity contribution is -0.384. The molecule has 0 bridgehead atoms. The molecule has 2 atom stereocenters. The lowest BCUT2D eigenvalue weighted by Gasteiger charge is -2.37. The van der Waals surface area contributed by atoms with E-state index < -0.39 is 0 Å². The predicted octanol–water partition coefficient (Wildman–Crippen LogP) is 2.96. The van der Waals surface area contributed by atoms with Crippen molar-refractivity contribution in [1.82, 2.24) is 4.90 Å². The van der Waals surface area contributed by atoms with Crippen molar-refractivity contribution in [2.24, 2.45) is 0 Å².